The Morgan fingerprint density at radius 2 is 1.90 bits per heavy atom. The lowest BCUT2D eigenvalue weighted by atomic mass is 9.94. The molecule has 1 aromatic rings. The topological polar surface area (TPSA) is 38.3 Å². The maximum atomic E-state index is 12.3. The van der Waals surface area contributed by atoms with Gasteiger partial charge in [-0.05, 0) is 31.9 Å². The zero-order chi connectivity index (χ0) is 15.2. The van der Waals surface area contributed by atoms with Gasteiger partial charge in [0.05, 0.1) is 6.61 Å². The second-order valence-electron chi connectivity index (χ2n) is 5.32. The Morgan fingerprint density at radius 3 is 2.48 bits per heavy atom. The number of hydrogen-bond acceptors (Lipinski definition) is 3. The quantitative estimate of drug-likeness (QED) is 0.807. The minimum atomic E-state index is -0.603. The minimum absolute atomic E-state index is 0.306. The van der Waals surface area contributed by atoms with Crippen molar-refractivity contribution in [2.24, 2.45) is 0 Å². The molecule has 2 rings (SSSR count). The first kappa shape index (κ1) is 16.6. The minimum Gasteiger partial charge on any atom is -0.465 e. The molecule has 0 radical (unpaired) electrons. The zero-order valence-corrected chi connectivity index (χ0v) is 13.7. The number of carbonyl (C=O) groups is 1. The number of nitrogens with one attached hydrogen (secondary N) is 1. The van der Waals surface area contributed by atoms with Gasteiger partial charge >= 0.3 is 5.97 Å². The van der Waals surface area contributed by atoms with Gasteiger partial charge in [0, 0.05) is 21.7 Å². The van der Waals surface area contributed by atoms with E-state index < -0.39 is 6.04 Å². The molecule has 1 aromatic carbocycles. The van der Waals surface area contributed by atoms with Crippen LogP contribution in [0.5, 0.6) is 0 Å². The number of halogens is 2. The number of rotatable bonds is 5. The zero-order valence-electron chi connectivity index (χ0n) is 12.2. The van der Waals surface area contributed by atoms with Crippen molar-refractivity contribution in [3.05, 3.63) is 33.8 Å². The largest absolute Gasteiger partial charge is 0.465 e. The van der Waals surface area contributed by atoms with Gasteiger partial charge < -0.3 is 4.74 Å². The molecule has 1 fully saturated rings. The van der Waals surface area contributed by atoms with Crippen molar-refractivity contribution in [1.82, 2.24) is 5.32 Å². The van der Waals surface area contributed by atoms with E-state index in [1.165, 1.54) is 19.3 Å². The Labute approximate surface area is 136 Å². The molecule has 0 amide bonds. The van der Waals surface area contributed by atoms with E-state index >= 15 is 0 Å². The fraction of sp³-hybridized carbons (Fsp3) is 0.562. The molecule has 116 valence electrons. The molecule has 1 aliphatic rings. The smallest absolute Gasteiger partial charge is 0.327 e. The van der Waals surface area contributed by atoms with Crippen molar-refractivity contribution in [3.8, 4) is 0 Å². The van der Waals surface area contributed by atoms with Gasteiger partial charge in [0.15, 0.2) is 0 Å². The summed E-state index contributed by atoms with van der Waals surface area (Å²) in [6, 6.07) is 4.97. The maximum Gasteiger partial charge on any atom is 0.327 e. The highest BCUT2D eigenvalue weighted by Crippen LogP contribution is 2.32. The summed E-state index contributed by atoms with van der Waals surface area (Å²) >= 11 is 12.5. The molecule has 5 heteroatoms. The molecule has 0 spiro atoms. The molecule has 1 aliphatic carbocycles. The van der Waals surface area contributed by atoms with Crippen LogP contribution in [0.4, 0.5) is 0 Å². The van der Waals surface area contributed by atoms with Gasteiger partial charge in [-0.25, -0.2) is 4.79 Å². The van der Waals surface area contributed by atoms with Crippen molar-refractivity contribution in [1.29, 1.82) is 0 Å². The van der Waals surface area contributed by atoms with E-state index in [-0.39, 0.29) is 5.97 Å². The third-order valence-electron chi connectivity index (χ3n) is 3.82. The van der Waals surface area contributed by atoms with Crippen molar-refractivity contribution < 1.29 is 9.53 Å². The van der Waals surface area contributed by atoms with E-state index in [0.717, 1.165) is 12.8 Å². The number of hydrogen-bond donors (Lipinski definition) is 1. The Balaban J connectivity index is 2.24. The Hall–Kier alpha value is -0.770. The van der Waals surface area contributed by atoms with Gasteiger partial charge in [-0.15, -0.1) is 0 Å². The van der Waals surface area contributed by atoms with E-state index in [0.29, 0.717) is 28.3 Å². The number of ether oxygens (including phenoxy) is 1. The number of benzene rings is 1. The van der Waals surface area contributed by atoms with Gasteiger partial charge in [0.25, 0.3) is 0 Å². The van der Waals surface area contributed by atoms with Gasteiger partial charge in [-0.3, -0.25) is 5.32 Å². The summed E-state index contributed by atoms with van der Waals surface area (Å²) in [5, 5.41) is 4.37. The monoisotopic (exact) mass is 329 g/mol. The van der Waals surface area contributed by atoms with E-state index in [9.17, 15) is 4.79 Å². The number of esters is 1. The van der Waals surface area contributed by atoms with Crippen molar-refractivity contribution in [2.45, 2.75) is 51.1 Å². The highest BCUT2D eigenvalue weighted by Gasteiger charge is 2.29. The highest BCUT2D eigenvalue weighted by molar-refractivity contribution is 6.36. The maximum absolute atomic E-state index is 12.3. The molecule has 0 aromatic heterocycles. The van der Waals surface area contributed by atoms with Crippen LogP contribution in [0.15, 0.2) is 18.2 Å². The fourth-order valence-electron chi connectivity index (χ4n) is 2.79. The average Bonchev–Trinajstić information content (AvgIpc) is 2.47. The summed E-state index contributed by atoms with van der Waals surface area (Å²) in [5.74, 6) is -0.321. The van der Waals surface area contributed by atoms with Crippen LogP contribution >= 0.6 is 23.2 Å². The lowest BCUT2D eigenvalue weighted by Crippen LogP contribution is -2.39. The SMILES string of the molecule is CCOC(=O)C(NC1CCCCC1)c1c(Cl)cccc1Cl. The second kappa shape index (κ2) is 8.02. The lowest BCUT2D eigenvalue weighted by molar-refractivity contribution is -0.146. The Bertz CT molecular complexity index is 467. The predicted molar refractivity (Wildman–Crippen MR) is 85.8 cm³/mol. The summed E-state index contributed by atoms with van der Waals surface area (Å²) in [6.07, 6.45) is 5.76. The van der Waals surface area contributed by atoms with Crippen LogP contribution < -0.4 is 5.32 Å². The molecular weight excluding hydrogens is 309 g/mol. The van der Waals surface area contributed by atoms with Crippen LogP contribution in [0.1, 0.15) is 50.6 Å². The van der Waals surface area contributed by atoms with Gasteiger partial charge in [0.1, 0.15) is 6.04 Å². The van der Waals surface area contributed by atoms with Crippen LogP contribution in [0, 0.1) is 0 Å². The summed E-state index contributed by atoms with van der Waals surface area (Å²) in [4.78, 5) is 12.3. The molecular formula is C16H21Cl2NO2. The molecule has 1 unspecified atom stereocenters. The third kappa shape index (κ3) is 4.35. The molecule has 0 saturated heterocycles. The summed E-state index contributed by atoms with van der Waals surface area (Å²) in [5.41, 5.74) is 0.616. The summed E-state index contributed by atoms with van der Waals surface area (Å²) in [6.45, 7) is 2.13. The highest BCUT2D eigenvalue weighted by atomic mass is 35.5. The molecule has 1 saturated carbocycles. The van der Waals surface area contributed by atoms with E-state index in [1.807, 2.05) is 0 Å². The van der Waals surface area contributed by atoms with Crippen molar-refractivity contribution in [3.63, 3.8) is 0 Å². The van der Waals surface area contributed by atoms with Crippen LogP contribution in [0.25, 0.3) is 0 Å². The normalized spacial score (nSPS) is 17.5. The summed E-state index contributed by atoms with van der Waals surface area (Å²) < 4.78 is 5.19. The Kier molecular flexibility index (Phi) is 6.34. The van der Waals surface area contributed by atoms with Crippen LogP contribution in [-0.4, -0.2) is 18.6 Å². The van der Waals surface area contributed by atoms with Crippen LogP contribution in [-0.2, 0) is 9.53 Å². The van der Waals surface area contributed by atoms with Crippen LogP contribution in [0.2, 0.25) is 10.0 Å². The van der Waals surface area contributed by atoms with Crippen molar-refractivity contribution >= 4 is 29.2 Å². The molecule has 21 heavy (non-hydrogen) atoms. The second-order valence-corrected chi connectivity index (χ2v) is 6.14. The molecule has 0 bridgehead atoms. The lowest BCUT2D eigenvalue weighted by Gasteiger charge is -2.28. The third-order valence-corrected chi connectivity index (χ3v) is 4.48. The molecule has 1 N–H and O–H groups in total. The van der Waals surface area contributed by atoms with E-state index in [1.54, 1.807) is 25.1 Å². The average molecular weight is 330 g/mol. The van der Waals surface area contributed by atoms with E-state index in [2.05, 4.69) is 5.32 Å². The van der Waals surface area contributed by atoms with Crippen molar-refractivity contribution in [2.75, 3.05) is 6.61 Å². The first-order valence-electron chi connectivity index (χ1n) is 7.50. The summed E-state index contributed by atoms with van der Waals surface area (Å²) in [7, 11) is 0. The first-order chi connectivity index (χ1) is 10.1. The Morgan fingerprint density at radius 1 is 1.29 bits per heavy atom. The van der Waals surface area contributed by atoms with Gasteiger partial charge in [-0.1, -0.05) is 48.5 Å². The van der Waals surface area contributed by atoms with Crippen LogP contribution in [0.3, 0.4) is 0 Å². The standard InChI is InChI=1S/C16H21Cl2NO2/c1-2-21-16(20)15(19-11-7-4-3-5-8-11)14-12(17)9-6-10-13(14)18/h6,9-11,15,19H,2-5,7-8H2,1H3. The van der Waals surface area contributed by atoms with E-state index in [4.69, 9.17) is 27.9 Å². The van der Waals surface area contributed by atoms with Gasteiger partial charge in [-0.2, -0.15) is 0 Å². The number of carbonyl (C=O) groups excluding carboxylic acids is 1. The molecule has 0 heterocycles. The molecule has 1 atom stereocenters. The first-order valence-corrected chi connectivity index (χ1v) is 8.25. The van der Waals surface area contributed by atoms with Gasteiger partial charge in [0.2, 0.25) is 0 Å². The molecule has 0 aliphatic heterocycles. The molecule has 3 nitrogen and oxygen atoms in total. The fourth-order valence-corrected chi connectivity index (χ4v) is 3.40. The predicted octanol–water partition coefficient (Wildman–Crippen LogP) is 4.52.